The van der Waals surface area contributed by atoms with E-state index in [9.17, 15) is 9.59 Å². The lowest BCUT2D eigenvalue weighted by Crippen LogP contribution is -2.37. The predicted octanol–water partition coefficient (Wildman–Crippen LogP) is 3.76. The van der Waals surface area contributed by atoms with Crippen LogP contribution in [-0.4, -0.2) is 42.9 Å². The Labute approximate surface area is 168 Å². The fourth-order valence-electron chi connectivity index (χ4n) is 2.95. The molecular weight excluding hydrogens is 395 g/mol. The summed E-state index contributed by atoms with van der Waals surface area (Å²) >= 11 is 12.6. The number of likely N-dealkylation sites (tertiary alicyclic amines) is 1. The van der Waals surface area contributed by atoms with Gasteiger partial charge in [0.05, 0.1) is 22.0 Å². The number of methoxy groups -OCH3 is 1. The lowest BCUT2D eigenvalue weighted by molar-refractivity contribution is -0.121. The summed E-state index contributed by atoms with van der Waals surface area (Å²) in [5.74, 6) is -0.619. The van der Waals surface area contributed by atoms with E-state index in [1.165, 1.54) is 12.0 Å². The Balaban J connectivity index is 2.47. The van der Waals surface area contributed by atoms with Gasteiger partial charge in [-0.05, 0) is 39.3 Å². The molecule has 0 saturated carbocycles. The van der Waals surface area contributed by atoms with E-state index in [2.05, 4.69) is 0 Å². The molecule has 1 fully saturated rings. The van der Waals surface area contributed by atoms with E-state index in [0.717, 1.165) is 0 Å². The van der Waals surface area contributed by atoms with Gasteiger partial charge >= 0.3 is 6.09 Å². The zero-order valence-corrected chi connectivity index (χ0v) is 17.3. The van der Waals surface area contributed by atoms with Crippen LogP contribution in [0.15, 0.2) is 12.1 Å². The van der Waals surface area contributed by atoms with Crippen LogP contribution in [0.3, 0.4) is 0 Å². The molecule has 7 nitrogen and oxygen atoms in total. The molecule has 1 aromatic carbocycles. The van der Waals surface area contributed by atoms with Gasteiger partial charge in [0.1, 0.15) is 11.4 Å². The Morgan fingerprint density at radius 3 is 2.52 bits per heavy atom. The van der Waals surface area contributed by atoms with Gasteiger partial charge < -0.3 is 24.8 Å². The molecule has 2 amide bonds. The van der Waals surface area contributed by atoms with Crippen molar-refractivity contribution in [3.63, 3.8) is 0 Å². The van der Waals surface area contributed by atoms with Crippen LogP contribution < -0.4 is 10.5 Å². The first-order valence-electron chi connectivity index (χ1n) is 8.43. The molecule has 150 valence electrons. The second kappa shape index (κ2) is 8.54. The summed E-state index contributed by atoms with van der Waals surface area (Å²) in [6, 6.07) is 2.67. The van der Waals surface area contributed by atoms with Crippen molar-refractivity contribution in [3.05, 3.63) is 27.7 Å². The van der Waals surface area contributed by atoms with Crippen molar-refractivity contribution < 1.29 is 23.8 Å². The van der Waals surface area contributed by atoms with Crippen molar-refractivity contribution in [2.75, 3.05) is 20.4 Å². The summed E-state index contributed by atoms with van der Waals surface area (Å²) in [5, 5.41) is 0.553. The highest BCUT2D eigenvalue weighted by Gasteiger charge is 2.42. The third kappa shape index (κ3) is 5.18. The number of rotatable bonds is 5. The fourth-order valence-corrected chi connectivity index (χ4v) is 3.39. The monoisotopic (exact) mass is 418 g/mol. The molecule has 1 heterocycles. The van der Waals surface area contributed by atoms with E-state index < -0.39 is 29.6 Å². The largest absolute Gasteiger partial charge is 0.467 e. The Morgan fingerprint density at radius 1 is 1.30 bits per heavy atom. The summed E-state index contributed by atoms with van der Waals surface area (Å²) in [7, 11) is 1.49. The van der Waals surface area contributed by atoms with E-state index in [1.54, 1.807) is 32.9 Å². The topological polar surface area (TPSA) is 91.1 Å². The van der Waals surface area contributed by atoms with Crippen LogP contribution in [0.1, 0.15) is 38.8 Å². The molecule has 0 radical (unpaired) electrons. The molecule has 2 atom stereocenters. The second-order valence-corrected chi connectivity index (χ2v) is 8.09. The summed E-state index contributed by atoms with van der Waals surface area (Å²) in [6.07, 6.45) is -0.275. The number of ether oxygens (including phenoxy) is 3. The second-order valence-electron chi connectivity index (χ2n) is 7.31. The number of carbonyl (C=O) groups is 2. The molecule has 1 aromatic rings. The smallest absolute Gasteiger partial charge is 0.410 e. The van der Waals surface area contributed by atoms with Gasteiger partial charge in [-0.1, -0.05) is 23.2 Å². The quantitative estimate of drug-likeness (QED) is 0.734. The number of nitrogens with zero attached hydrogens (tertiary/aromatic N) is 1. The normalized spacial score (nSPS) is 19.9. The number of nitrogens with two attached hydrogens (primary N) is 1. The Kier molecular flexibility index (Phi) is 6.83. The predicted molar refractivity (Wildman–Crippen MR) is 102 cm³/mol. The average Bonchev–Trinajstić information content (AvgIpc) is 2.99. The van der Waals surface area contributed by atoms with Crippen molar-refractivity contribution in [1.82, 2.24) is 4.90 Å². The molecule has 1 aliphatic heterocycles. The summed E-state index contributed by atoms with van der Waals surface area (Å²) in [6.45, 7) is 5.41. The Morgan fingerprint density at radius 2 is 1.96 bits per heavy atom. The molecule has 9 heteroatoms. The molecule has 1 aliphatic rings. The number of benzene rings is 1. The van der Waals surface area contributed by atoms with Crippen LogP contribution in [0, 0.1) is 5.92 Å². The average molecular weight is 419 g/mol. The highest BCUT2D eigenvalue weighted by Crippen LogP contribution is 2.45. The van der Waals surface area contributed by atoms with Gasteiger partial charge in [-0.15, -0.1) is 0 Å². The SMILES string of the molecule is COCOc1ccc(Cl)c(Cl)c1[C@H]1C[C@H](C(N)=O)CN1C(=O)OC(C)(C)C. The van der Waals surface area contributed by atoms with Crippen molar-refractivity contribution in [2.24, 2.45) is 11.7 Å². The molecule has 0 aromatic heterocycles. The van der Waals surface area contributed by atoms with Gasteiger partial charge in [0.2, 0.25) is 5.91 Å². The van der Waals surface area contributed by atoms with Crippen molar-refractivity contribution in [2.45, 2.75) is 38.8 Å². The van der Waals surface area contributed by atoms with Gasteiger partial charge in [-0.2, -0.15) is 0 Å². The van der Waals surface area contributed by atoms with Crippen LogP contribution in [0.25, 0.3) is 0 Å². The number of primary amides is 1. The maximum absolute atomic E-state index is 12.7. The number of hydrogen-bond donors (Lipinski definition) is 1. The third-order valence-electron chi connectivity index (χ3n) is 4.09. The van der Waals surface area contributed by atoms with Crippen molar-refractivity contribution in [3.8, 4) is 5.75 Å². The van der Waals surface area contributed by atoms with E-state index >= 15 is 0 Å². The molecule has 1 saturated heterocycles. The number of halogens is 2. The van der Waals surface area contributed by atoms with Gasteiger partial charge in [0, 0.05) is 19.2 Å². The highest BCUT2D eigenvalue weighted by molar-refractivity contribution is 6.42. The number of carbonyl (C=O) groups excluding carboxylic acids is 2. The Bertz CT molecular complexity index is 720. The minimum absolute atomic E-state index is 0.0105. The molecule has 0 unspecified atom stereocenters. The molecule has 2 rings (SSSR count). The van der Waals surface area contributed by atoms with Crippen molar-refractivity contribution in [1.29, 1.82) is 0 Å². The van der Waals surface area contributed by atoms with Crippen molar-refractivity contribution >= 4 is 35.2 Å². The standard InChI is InChI=1S/C18H24Cl2N2O5/c1-18(2,3)27-17(24)22-8-10(16(21)23)7-12(22)14-13(26-9-25-4)6-5-11(19)15(14)20/h5-6,10,12H,7-9H2,1-4H3,(H2,21,23)/t10-,12+/m0/s1. The van der Waals surface area contributed by atoms with E-state index in [1.807, 2.05) is 0 Å². The first kappa shape index (κ1) is 21.6. The Hall–Kier alpha value is -1.70. The van der Waals surface area contributed by atoms with Crippen LogP contribution in [0.4, 0.5) is 4.79 Å². The minimum atomic E-state index is -0.694. The molecule has 0 bridgehead atoms. The zero-order chi connectivity index (χ0) is 20.4. The number of hydrogen-bond acceptors (Lipinski definition) is 5. The van der Waals surface area contributed by atoms with Crippen LogP contribution in [-0.2, 0) is 14.3 Å². The summed E-state index contributed by atoms with van der Waals surface area (Å²) in [5.41, 5.74) is 5.29. The molecular formula is C18H24Cl2N2O5. The molecule has 27 heavy (non-hydrogen) atoms. The lowest BCUT2D eigenvalue weighted by atomic mass is 9.98. The number of amides is 2. The molecule has 0 spiro atoms. The van der Waals surface area contributed by atoms with E-state index in [4.69, 9.17) is 43.1 Å². The summed E-state index contributed by atoms with van der Waals surface area (Å²) < 4.78 is 16.0. The van der Waals surface area contributed by atoms with Gasteiger partial charge in [-0.3, -0.25) is 4.79 Å². The maximum Gasteiger partial charge on any atom is 0.410 e. The minimum Gasteiger partial charge on any atom is -0.467 e. The summed E-state index contributed by atoms with van der Waals surface area (Å²) in [4.78, 5) is 26.0. The van der Waals surface area contributed by atoms with E-state index in [-0.39, 0.29) is 24.8 Å². The van der Waals surface area contributed by atoms with Crippen LogP contribution >= 0.6 is 23.2 Å². The third-order valence-corrected chi connectivity index (χ3v) is 4.91. The van der Waals surface area contributed by atoms with Crippen LogP contribution in [0.2, 0.25) is 10.0 Å². The lowest BCUT2D eigenvalue weighted by Gasteiger charge is -2.30. The maximum atomic E-state index is 12.7. The fraction of sp³-hybridized carbons (Fsp3) is 0.556. The van der Waals surface area contributed by atoms with Gasteiger partial charge in [0.15, 0.2) is 6.79 Å². The molecule has 0 aliphatic carbocycles. The van der Waals surface area contributed by atoms with E-state index in [0.29, 0.717) is 16.3 Å². The van der Waals surface area contributed by atoms with Gasteiger partial charge in [0.25, 0.3) is 0 Å². The highest BCUT2D eigenvalue weighted by atomic mass is 35.5. The first-order valence-corrected chi connectivity index (χ1v) is 9.19. The van der Waals surface area contributed by atoms with Gasteiger partial charge in [-0.25, -0.2) is 4.79 Å². The molecule has 2 N–H and O–H groups in total. The first-order chi connectivity index (χ1) is 12.5. The zero-order valence-electron chi connectivity index (χ0n) is 15.8. The van der Waals surface area contributed by atoms with Crippen LogP contribution in [0.5, 0.6) is 5.75 Å².